The molecule has 3 nitrogen and oxygen atoms in total. The molecule has 0 bridgehead atoms. The molecule has 3 heteroatoms. The van der Waals surface area contributed by atoms with Crippen molar-refractivity contribution in [3.8, 4) is 0 Å². The maximum Gasteiger partial charge on any atom is 0.188 e. The van der Waals surface area contributed by atoms with Gasteiger partial charge in [-0.25, -0.2) is 0 Å². The number of hydrogen-bond donors (Lipinski definition) is 0. The molecular weight excluding hydrogens is 216 g/mol. The van der Waals surface area contributed by atoms with Crippen LogP contribution < -0.4 is 0 Å². The molecule has 1 rings (SSSR count). The van der Waals surface area contributed by atoms with Crippen molar-refractivity contribution >= 4 is 5.78 Å². The first-order valence-electron chi connectivity index (χ1n) is 5.79. The Kier molecular flexibility index (Phi) is 5.32. The molecule has 1 aromatic rings. The lowest BCUT2D eigenvalue weighted by molar-refractivity contribution is -0.0324. The summed E-state index contributed by atoms with van der Waals surface area (Å²) >= 11 is 0. The number of hydrogen-bond acceptors (Lipinski definition) is 3. The molecule has 0 heterocycles. The molecule has 0 spiro atoms. The van der Waals surface area contributed by atoms with Gasteiger partial charge in [-0.3, -0.25) is 4.79 Å². The van der Waals surface area contributed by atoms with E-state index in [1.807, 2.05) is 39.0 Å². The predicted molar refractivity (Wildman–Crippen MR) is 67.3 cm³/mol. The molecule has 0 fully saturated rings. The summed E-state index contributed by atoms with van der Waals surface area (Å²) in [5.74, 6) is 0.00126. The second-order valence-corrected chi connectivity index (χ2v) is 4.80. The van der Waals surface area contributed by atoms with Crippen molar-refractivity contribution in [3.05, 3.63) is 35.9 Å². The van der Waals surface area contributed by atoms with Crippen LogP contribution in [0.3, 0.4) is 0 Å². The fourth-order valence-electron chi connectivity index (χ4n) is 1.28. The number of Topliss-reactive ketones (excluding diaryl/α,β-unsaturated/α-hetero) is 1. The molecular formula is C14H20O3. The van der Waals surface area contributed by atoms with Crippen molar-refractivity contribution in [1.29, 1.82) is 0 Å². The van der Waals surface area contributed by atoms with Gasteiger partial charge < -0.3 is 9.47 Å². The predicted octanol–water partition coefficient (Wildman–Crippen LogP) is 2.70. The molecule has 1 aromatic carbocycles. The second-order valence-electron chi connectivity index (χ2n) is 4.80. The molecule has 0 atom stereocenters. The van der Waals surface area contributed by atoms with Crippen molar-refractivity contribution in [2.24, 2.45) is 0 Å². The topological polar surface area (TPSA) is 35.5 Å². The molecule has 17 heavy (non-hydrogen) atoms. The summed E-state index contributed by atoms with van der Waals surface area (Å²) in [5.41, 5.74) is 0.525. The van der Waals surface area contributed by atoms with Crippen LogP contribution in [0.4, 0.5) is 0 Å². The molecule has 0 aliphatic heterocycles. The van der Waals surface area contributed by atoms with Crippen LogP contribution in [0.1, 0.15) is 31.1 Å². The normalized spacial score (nSPS) is 11.5. The highest BCUT2D eigenvalue weighted by molar-refractivity contribution is 5.96. The second kappa shape index (κ2) is 6.52. The molecule has 0 aliphatic carbocycles. The number of ketones is 1. The Hall–Kier alpha value is -1.19. The van der Waals surface area contributed by atoms with Gasteiger partial charge in [-0.05, 0) is 20.8 Å². The lowest BCUT2D eigenvalue weighted by Crippen LogP contribution is -2.22. The van der Waals surface area contributed by atoms with Crippen LogP contribution in [-0.4, -0.2) is 31.2 Å². The quantitative estimate of drug-likeness (QED) is 0.562. The standard InChI is InChI=1S/C14H20O3/c1-14(2,3)17-10-9-16-11-13(15)12-7-5-4-6-8-12/h4-8H,9-11H2,1-3H3. The van der Waals surface area contributed by atoms with Gasteiger partial charge in [0.15, 0.2) is 5.78 Å². The minimum Gasteiger partial charge on any atom is -0.373 e. The average molecular weight is 236 g/mol. The largest absolute Gasteiger partial charge is 0.373 e. The fraction of sp³-hybridized carbons (Fsp3) is 0.500. The summed E-state index contributed by atoms with van der Waals surface area (Å²) in [6.07, 6.45) is 0. The summed E-state index contributed by atoms with van der Waals surface area (Å²) in [7, 11) is 0. The van der Waals surface area contributed by atoms with Crippen LogP contribution in [0.15, 0.2) is 30.3 Å². The molecule has 0 saturated heterocycles. The van der Waals surface area contributed by atoms with E-state index in [1.54, 1.807) is 12.1 Å². The zero-order chi connectivity index (χ0) is 12.7. The Balaban J connectivity index is 2.18. The third-order valence-electron chi connectivity index (χ3n) is 2.09. The molecule has 0 aliphatic rings. The Bertz CT molecular complexity index is 338. The summed E-state index contributed by atoms with van der Waals surface area (Å²) in [6, 6.07) is 9.15. The van der Waals surface area contributed by atoms with Gasteiger partial charge in [0.05, 0.1) is 18.8 Å². The number of rotatable bonds is 6. The fourth-order valence-corrected chi connectivity index (χ4v) is 1.28. The molecule has 0 radical (unpaired) electrons. The van der Waals surface area contributed by atoms with Gasteiger partial charge >= 0.3 is 0 Å². The van der Waals surface area contributed by atoms with Crippen molar-refractivity contribution in [3.63, 3.8) is 0 Å². The van der Waals surface area contributed by atoms with Crippen LogP contribution in [-0.2, 0) is 9.47 Å². The van der Waals surface area contributed by atoms with Gasteiger partial charge in [-0.1, -0.05) is 30.3 Å². The lowest BCUT2D eigenvalue weighted by atomic mass is 10.1. The van der Waals surface area contributed by atoms with Crippen LogP contribution in [0.25, 0.3) is 0 Å². The van der Waals surface area contributed by atoms with Crippen LogP contribution >= 0.6 is 0 Å². The van der Waals surface area contributed by atoms with E-state index in [9.17, 15) is 4.79 Å². The van der Waals surface area contributed by atoms with E-state index in [4.69, 9.17) is 9.47 Å². The number of carbonyl (C=O) groups excluding carboxylic acids is 1. The first-order valence-corrected chi connectivity index (χ1v) is 5.79. The van der Waals surface area contributed by atoms with Gasteiger partial charge in [0.2, 0.25) is 0 Å². The molecule has 0 saturated carbocycles. The smallest absolute Gasteiger partial charge is 0.188 e. The van der Waals surface area contributed by atoms with Crippen LogP contribution in [0.5, 0.6) is 0 Å². The summed E-state index contributed by atoms with van der Waals surface area (Å²) < 4.78 is 10.8. The zero-order valence-electron chi connectivity index (χ0n) is 10.7. The highest BCUT2D eigenvalue weighted by atomic mass is 16.5. The average Bonchev–Trinajstić information content (AvgIpc) is 2.28. The van der Waals surface area contributed by atoms with E-state index in [1.165, 1.54) is 0 Å². The molecule has 94 valence electrons. The molecule has 0 amide bonds. The first-order chi connectivity index (χ1) is 7.99. The van der Waals surface area contributed by atoms with Crippen LogP contribution in [0, 0.1) is 0 Å². The Labute approximate surface area is 103 Å². The van der Waals surface area contributed by atoms with Crippen molar-refractivity contribution < 1.29 is 14.3 Å². The third kappa shape index (κ3) is 6.19. The Morgan fingerprint density at radius 2 is 1.76 bits per heavy atom. The highest BCUT2D eigenvalue weighted by Gasteiger charge is 2.09. The summed E-state index contributed by atoms with van der Waals surface area (Å²) in [6.45, 7) is 7.02. The van der Waals surface area contributed by atoms with E-state index in [0.717, 1.165) is 0 Å². The maximum atomic E-state index is 11.6. The van der Waals surface area contributed by atoms with E-state index in [0.29, 0.717) is 18.8 Å². The van der Waals surface area contributed by atoms with E-state index >= 15 is 0 Å². The van der Waals surface area contributed by atoms with E-state index in [-0.39, 0.29) is 18.0 Å². The number of benzene rings is 1. The highest BCUT2D eigenvalue weighted by Crippen LogP contribution is 2.06. The van der Waals surface area contributed by atoms with Gasteiger partial charge in [0, 0.05) is 5.56 Å². The zero-order valence-corrected chi connectivity index (χ0v) is 10.7. The van der Waals surface area contributed by atoms with E-state index < -0.39 is 0 Å². The Morgan fingerprint density at radius 3 is 2.35 bits per heavy atom. The molecule has 0 aromatic heterocycles. The van der Waals surface area contributed by atoms with Gasteiger partial charge in [0.1, 0.15) is 6.61 Å². The SMILES string of the molecule is CC(C)(C)OCCOCC(=O)c1ccccc1. The molecule has 0 N–H and O–H groups in total. The van der Waals surface area contributed by atoms with Crippen molar-refractivity contribution in [1.82, 2.24) is 0 Å². The minimum atomic E-state index is -0.160. The van der Waals surface area contributed by atoms with Gasteiger partial charge in [-0.2, -0.15) is 0 Å². The number of ether oxygens (including phenoxy) is 2. The summed E-state index contributed by atoms with van der Waals surface area (Å²) in [4.78, 5) is 11.6. The van der Waals surface area contributed by atoms with Crippen molar-refractivity contribution in [2.75, 3.05) is 19.8 Å². The Morgan fingerprint density at radius 1 is 1.12 bits per heavy atom. The summed E-state index contributed by atoms with van der Waals surface area (Å²) in [5, 5.41) is 0. The van der Waals surface area contributed by atoms with Gasteiger partial charge in [0.25, 0.3) is 0 Å². The first kappa shape index (κ1) is 13.9. The monoisotopic (exact) mass is 236 g/mol. The van der Waals surface area contributed by atoms with Gasteiger partial charge in [-0.15, -0.1) is 0 Å². The van der Waals surface area contributed by atoms with E-state index in [2.05, 4.69) is 0 Å². The maximum absolute atomic E-state index is 11.6. The lowest BCUT2D eigenvalue weighted by Gasteiger charge is -2.19. The van der Waals surface area contributed by atoms with Crippen molar-refractivity contribution in [2.45, 2.75) is 26.4 Å². The third-order valence-corrected chi connectivity index (χ3v) is 2.09. The van der Waals surface area contributed by atoms with Crippen LogP contribution in [0.2, 0.25) is 0 Å². The molecule has 0 unspecified atom stereocenters. The number of carbonyl (C=O) groups is 1. The minimum absolute atomic E-state index is 0.00126.